The van der Waals surface area contributed by atoms with E-state index in [0.717, 1.165) is 22.8 Å². The summed E-state index contributed by atoms with van der Waals surface area (Å²) in [5.74, 6) is 0. The summed E-state index contributed by atoms with van der Waals surface area (Å²) < 4.78 is 0. The Balaban J connectivity index is 2.18. The number of anilines is 2. The summed E-state index contributed by atoms with van der Waals surface area (Å²) in [5, 5.41) is 9.58. The third-order valence-corrected chi connectivity index (χ3v) is 3.14. The maximum Gasteiger partial charge on any atom is 0.101 e. The third kappa shape index (κ3) is 3.18. The number of halogens is 1. The summed E-state index contributed by atoms with van der Waals surface area (Å²) in [7, 11) is 1.97. The minimum atomic E-state index is 0.498. The van der Waals surface area contributed by atoms with Crippen LogP contribution in [0.15, 0.2) is 42.5 Å². The van der Waals surface area contributed by atoms with E-state index in [4.69, 9.17) is 22.6 Å². The van der Waals surface area contributed by atoms with Crippen LogP contribution in [-0.2, 0) is 6.54 Å². The van der Waals surface area contributed by atoms with E-state index in [1.54, 1.807) is 6.07 Å². The maximum atomic E-state index is 8.86. The predicted octanol–water partition coefficient (Wildman–Crippen LogP) is 3.43. The van der Waals surface area contributed by atoms with E-state index in [1.807, 2.05) is 43.4 Å². The van der Waals surface area contributed by atoms with Gasteiger partial charge in [-0.1, -0.05) is 23.7 Å². The van der Waals surface area contributed by atoms with Crippen LogP contribution in [0.4, 0.5) is 11.4 Å². The largest absolute Gasteiger partial charge is 0.398 e. The predicted molar refractivity (Wildman–Crippen MR) is 79.1 cm³/mol. The van der Waals surface area contributed by atoms with E-state index in [0.29, 0.717) is 11.3 Å². The quantitative estimate of drug-likeness (QED) is 0.870. The van der Waals surface area contributed by atoms with E-state index in [2.05, 4.69) is 11.0 Å². The number of hydrogen-bond donors (Lipinski definition) is 1. The van der Waals surface area contributed by atoms with Crippen molar-refractivity contribution in [1.82, 2.24) is 0 Å². The molecule has 0 aliphatic carbocycles. The van der Waals surface area contributed by atoms with Gasteiger partial charge in [-0.25, -0.2) is 0 Å². The SMILES string of the molecule is CN(Cc1cccc(Cl)c1)c1ccc(C#N)c(N)c1. The zero-order chi connectivity index (χ0) is 13.8. The van der Waals surface area contributed by atoms with Gasteiger partial charge in [0.25, 0.3) is 0 Å². The fraction of sp³-hybridized carbons (Fsp3) is 0.133. The van der Waals surface area contributed by atoms with Crippen LogP contribution in [0.3, 0.4) is 0 Å². The molecule has 0 saturated carbocycles. The molecular weight excluding hydrogens is 258 g/mol. The van der Waals surface area contributed by atoms with Gasteiger partial charge in [-0.3, -0.25) is 0 Å². The Labute approximate surface area is 117 Å². The molecule has 0 spiro atoms. The van der Waals surface area contributed by atoms with Crippen molar-refractivity contribution in [3.05, 3.63) is 58.6 Å². The molecule has 0 fully saturated rings. The zero-order valence-electron chi connectivity index (χ0n) is 10.6. The van der Waals surface area contributed by atoms with Gasteiger partial charge in [0.05, 0.1) is 11.3 Å². The Hall–Kier alpha value is -2.18. The average molecular weight is 272 g/mol. The van der Waals surface area contributed by atoms with E-state index >= 15 is 0 Å². The van der Waals surface area contributed by atoms with Gasteiger partial charge >= 0.3 is 0 Å². The Morgan fingerprint density at radius 2 is 2.05 bits per heavy atom. The van der Waals surface area contributed by atoms with E-state index < -0.39 is 0 Å². The molecule has 19 heavy (non-hydrogen) atoms. The van der Waals surface area contributed by atoms with Crippen molar-refractivity contribution in [3.8, 4) is 6.07 Å². The first-order valence-corrected chi connectivity index (χ1v) is 6.23. The average Bonchev–Trinajstić information content (AvgIpc) is 2.38. The highest BCUT2D eigenvalue weighted by Gasteiger charge is 2.05. The first-order valence-electron chi connectivity index (χ1n) is 5.85. The van der Waals surface area contributed by atoms with E-state index in [1.165, 1.54) is 0 Å². The van der Waals surface area contributed by atoms with Gasteiger partial charge in [0, 0.05) is 24.3 Å². The van der Waals surface area contributed by atoms with Gasteiger partial charge in [0.2, 0.25) is 0 Å². The number of benzene rings is 2. The van der Waals surface area contributed by atoms with Gasteiger partial charge in [-0.2, -0.15) is 5.26 Å². The lowest BCUT2D eigenvalue weighted by atomic mass is 10.1. The zero-order valence-corrected chi connectivity index (χ0v) is 11.4. The summed E-state index contributed by atoms with van der Waals surface area (Å²) in [6.07, 6.45) is 0. The number of nitriles is 1. The first-order chi connectivity index (χ1) is 9.10. The van der Waals surface area contributed by atoms with Crippen LogP contribution in [0, 0.1) is 11.3 Å². The van der Waals surface area contributed by atoms with Gasteiger partial charge < -0.3 is 10.6 Å². The Morgan fingerprint density at radius 3 is 2.68 bits per heavy atom. The molecule has 96 valence electrons. The molecule has 3 nitrogen and oxygen atoms in total. The molecule has 0 aliphatic rings. The molecule has 0 atom stereocenters. The van der Waals surface area contributed by atoms with Crippen molar-refractivity contribution in [3.63, 3.8) is 0 Å². The highest BCUT2D eigenvalue weighted by molar-refractivity contribution is 6.30. The van der Waals surface area contributed by atoms with Crippen LogP contribution in [0.25, 0.3) is 0 Å². The van der Waals surface area contributed by atoms with Gasteiger partial charge in [0.15, 0.2) is 0 Å². The molecular formula is C15H14ClN3. The number of nitrogens with zero attached hydrogens (tertiary/aromatic N) is 2. The van der Waals surface area contributed by atoms with Crippen molar-refractivity contribution in [2.45, 2.75) is 6.54 Å². The van der Waals surface area contributed by atoms with Gasteiger partial charge in [-0.15, -0.1) is 0 Å². The normalized spacial score (nSPS) is 9.95. The van der Waals surface area contributed by atoms with Gasteiger partial charge in [0.1, 0.15) is 6.07 Å². The number of hydrogen-bond acceptors (Lipinski definition) is 3. The molecule has 2 N–H and O–H groups in total. The fourth-order valence-corrected chi connectivity index (χ4v) is 2.10. The number of nitrogen functional groups attached to an aromatic ring is 1. The topological polar surface area (TPSA) is 53.0 Å². The van der Waals surface area contributed by atoms with Crippen molar-refractivity contribution < 1.29 is 0 Å². The monoisotopic (exact) mass is 271 g/mol. The second-order valence-corrected chi connectivity index (χ2v) is 4.81. The van der Waals surface area contributed by atoms with Crippen molar-refractivity contribution in [2.24, 2.45) is 0 Å². The van der Waals surface area contributed by atoms with Gasteiger partial charge in [-0.05, 0) is 35.9 Å². The smallest absolute Gasteiger partial charge is 0.101 e. The summed E-state index contributed by atoms with van der Waals surface area (Å²) in [6.45, 7) is 0.728. The highest BCUT2D eigenvalue weighted by atomic mass is 35.5. The van der Waals surface area contributed by atoms with Crippen molar-refractivity contribution >= 4 is 23.0 Å². The van der Waals surface area contributed by atoms with Crippen molar-refractivity contribution in [1.29, 1.82) is 5.26 Å². The summed E-state index contributed by atoms with van der Waals surface area (Å²) >= 11 is 5.96. The highest BCUT2D eigenvalue weighted by Crippen LogP contribution is 2.22. The molecule has 0 aromatic heterocycles. The summed E-state index contributed by atoms with van der Waals surface area (Å²) in [4.78, 5) is 2.06. The molecule has 2 aromatic rings. The Bertz CT molecular complexity index is 632. The second-order valence-electron chi connectivity index (χ2n) is 4.37. The number of nitrogens with two attached hydrogens (primary N) is 1. The van der Waals surface area contributed by atoms with Crippen LogP contribution >= 0.6 is 11.6 Å². The molecule has 2 rings (SSSR count). The third-order valence-electron chi connectivity index (χ3n) is 2.91. The molecule has 0 saturated heterocycles. The molecule has 0 aliphatic heterocycles. The maximum absolute atomic E-state index is 8.86. The summed E-state index contributed by atoms with van der Waals surface area (Å²) in [6, 6.07) is 15.2. The van der Waals surface area contributed by atoms with E-state index in [9.17, 15) is 0 Å². The Kier molecular flexibility index (Phi) is 3.94. The minimum Gasteiger partial charge on any atom is -0.398 e. The van der Waals surface area contributed by atoms with Crippen LogP contribution < -0.4 is 10.6 Å². The van der Waals surface area contributed by atoms with Crippen molar-refractivity contribution in [2.75, 3.05) is 17.7 Å². The lowest BCUT2D eigenvalue weighted by Crippen LogP contribution is -2.16. The lowest BCUT2D eigenvalue weighted by Gasteiger charge is -2.20. The number of rotatable bonds is 3. The fourth-order valence-electron chi connectivity index (χ4n) is 1.89. The minimum absolute atomic E-state index is 0.498. The molecule has 2 aromatic carbocycles. The molecule has 0 bridgehead atoms. The first kappa shape index (κ1) is 13.3. The lowest BCUT2D eigenvalue weighted by molar-refractivity contribution is 0.923. The molecule has 0 heterocycles. The van der Waals surface area contributed by atoms with Crippen LogP contribution in [-0.4, -0.2) is 7.05 Å². The Morgan fingerprint density at radius 1 is 1.26 bits per heavy atom. The molecule has 0 radical (unpaired) electrons. The van der Waals surface area contributed by atoms with Crippen LogP contribution in [0.5, 0.6) is 0 Å². The molecule has 0 amide bonds. The van der Waals surface area contributed by atoms with Crippen LogP contribution in [0.1, 0.15) is 11.1 Å². The van der Waals surface area contributed by atoms with E-state index in [-0.39, 0.29) is 0 Å². The standard InChI is InChI=1S/C15H14ClN3/c1-19(10-11-3-2-4-13(16)7-11)14-6-5-12(9-17)15(18)8-14/h2-8H,10,18H2,1H3. The molecule has 0 unspecified atom stereocenters. The second kappa shape index (κ2) is 5.64. The molecule has 4 heteroatoms. The van der Waals surface area contributed by atoms with Crippen LogP contribution in [0.2, 0.25) is 5.02 Å². The summed E-state index contributed by atoms with van der Waals surface area (Å²) in [5.41, 5.74) is 8.91.